The number of ether oxygens (including phenoxy) is 1. The first-order valence-electron chi connectivity index (χ1n) is 7.78. The van der Waals surface area contributed by atoms with E-state index in [1.165, 1.54) is 6.26 Å². The summed E-state index contributed by atoms with van der Waals surface area (Å²) < 4.78 is 32.7. The van der Waals surface area contributed by atoms with Crippen LogP contribution >= 0.6 is 0 Å². The molecule has 2 aliphatic heterocycles. The third kappa shape index (κ3) is 4.07. The Morgan fingerprint density at radius 2 is 2.18 bits per heavy atom. The molecule has 3 heterocycles. The van der Waals surface area contributed by atoms with Gasteiger partial charge in [-0.3, -0.25) is 9.58 Å². The molecule has 1 aromatic heterocycles. The number of rotatable bonds is 5. The average molecular weight is 328 g/mol. The second kappa shape index (κ2) is 6.66. The molecular formula is C14H24N4O3S. The molecule has 1 aromatic rings. The highest BCUT2D eigenvalue weighted by molar-refractivity contribution is 7.88. The van der Waals surface area contributed by atoms with Crippen LogP contribution in [0, 0.1) is 5.92 Å². The number of nitrogens with one attached hydrogen (secondary N) is 1. The van der Waals surface area contributed by atoms with E-state index in [1.54, 1.807) is 6.20 Å². The number of sulfonamides is 1. The molecule has 1 saturated heterocycles. The van der Waals surface area contributed by atoms with E-state index in [9.17, 15) is 8.42 Å². The van der Waals surface area contributed by atoms with Crippen molar-refractivity contribution in [3.05, 3.63) is 18.0 Å². The zero-order chi connectivity index (χ0) is 15.6. The lowest BCUT2D eigenvalue weighted by Crippen LogP contribution is -2.44. The third-order valence-electron chi connectivity index (χ3n) is 4.39. The molecule has 2 aliphatic rings. The Hall–Kier alpha value is -0.960. The molecule has 1 atom stereocenters. The lowest BCUT2D eigenvalue weighted by atomic mass is 9.99. The Balaban J connectivity index is 1.65. The number of hydrogen-bond donors (Lipinski definition) is 1. The fourth-order valence-corrected chi connectivity index (χ4v) is 3.79. The van der Waals surface area contributed by atoms with E-state index in [4.69, 9.17) is 4.74 Å². The fourth-order valence-electron chi connectivity index (χ4n) is 3.30. The van der Waals surface area contributed by atoms with Crippen molar-refractivity contribution in [2.75, 3.05) is 39.1 Å². The Labute approximate surface area is 131 Å². The van der Waals surface area contributed by atoms with Gasteiger partial charge in [0.05, 0.1) is 18.0 Å². The van der Waals surface area contributed by atoms with Gasteiger partial charge in [0.2, 0.25) is 10.0 Å². The summed E-state index contributed by atoms with van der Waals surface area (Å²) in [5.41, 5.74) is 1.15. The van der Waals surface area contributed by atoms with Crippen molar-refractivity contribution in [3.63, 3.8) is 0 Å². The summed E-state index contributed by atoms with van der Waals surface area (Å²) in [6.07, 6.45) is 5.21. The lowest BCUT2D eigenvalue weighted by Gasteiger charge is -2.36. The van der Waals surface area contributed by atoms with Gasteiger partial charge in [-0.15, -0.1) is 0 Å². The molecular weight excluding hydrogens is 304 g/mol. The zero-order valence-corrected chi connectivity index (χ0v) is 13.8. The smallest absolute Gasteiger partial charge is 0.208 e. The molecule has 7 nitrogen and oxygen atoms in total. The first kappa shape index (κ1) is 15.9. The van der Waals surface area contributed by atoms with Crippen LogP contribution in [0.4, 0.5) is 0 Å². The van der Waals surface area contributed by atoms with Crippen molar-refractivity contribution < 1.29 is 13.2 Å². The number of hydrogen-bond acceptors (Lipinski definition) is 5. The minimum absolute atomic E-state index is 0.0494. The summed E-state index contributed by atoms with van der Waals surface area (Å²) in [6, 6.07) is 2.07. The standard InChI is InChI=1S/C14H24N4O3S/c1-22(19,20)16-8-14-11-17(9-12-3-6-21-7-4-12)10-13-2-5-15-18(13)14/h2,5,12,14,16H,3-4,6-11H2,1H3. The monoisotopic (exact) mass is 328 g/mol. The molecule has 1 fully saturated rings. The molecule has 22 heavy (non-hydrogen) atoms. The van der Waals surface area contributed by atoms with E-state index in [0.717, 1.165) is 51.4 Å². The maximum atomic E-state index is 11.4. The van der Waals surface area contributed by atoms with Gasteiger partial charge in [0.15, 0.2) is 0 Å². The Kier molecular flexibility index (Phi) is 4.82. The van der Waals surface area contributed by atoms with Gasteiger partial charge in [0.1, 0.15) is 0 Å². The summed E-state index contributed by atoms with van der Waals surface area (Å²) in [6.45, 7) is 4.86. The van der Waals surface area contributed by atoms with Gasteiger partial charge in [-0.2, -0.15) is 5.10 Å². The largest absolute Gasteiger partial charge is 0.381 e. The molecule has 0 spiro atoms. The van der Waals surface area contributed by atoms with Crippen LogP contribution in [0.1, 0.15) is 24.6 Å². The molecule has 0 bridgehead atoms. The van der Waals surface area contributed by atoms with Crippen molar-refractivity contribution in [1.29, 1.82) is 0 Å². The summed E-state index contributed by atoms with van der Waals surface area (Å²) in [5, 5.41) is 4.36. The van der Waals surface area contributed by atoms with Gasteiger partial charge < -0.3 is 4.74 Å². The van der Waals surface area contributed by atoms with Crippen LogP contribution in [0.15, 0.2) is 12.3 Å². The topological polar surface area (TPSA) is 76.5 Å². The minimum atomic E-state index is -3.18. The maximum absolute atomic E-state index is 11.4. The molecule has 0 amide bonds. The van der Waals surface area contributed by atoms with Crippen LogP contribution in [-0.2, 0) is 21.3 Å². The molecule has 0 aromatic carbocycles. The summed E-state index contributed by atoms with van der Waals surface area (Å²) >= 11 is 0. The highest BCUT2D eigenvalue weighted by Gasteiger charge is 2.28. The highest BCUT2D eigenvalue weighted by Crippen LogP contribution is 2.23. The van der Waals surface area contributed by atoms with Crippen LogP contribution in [0.25, 0.3) is 0 Å². The van der Waals surface area contributed by atoms with Crippen molar-refractivity contribution >= 4 is 10.0 Å². The van der Waals surface area contributed by atoms with Gasteiger partial charge in [-0.1, -0.05) is 0 Å². The van der Waals surface area contributed by atoms with E-state index in [-0.39, 0.29) is 6.04 Å². The van der Waals surface area contributed by atoms with Crippen LogP contribution in [-0.4, -0.2) is 62.2 Å². The van der Waals surface area contributed by atoms with Crippen LogP contribution in [0.5, 0.6) is 0 Å². The van der Waals surface area contributed by atoms with E-state index >= 15 is 0 Å². The van der Waals surface area contributed by atoms with Crippen molar-refractivity contribution in [3.8, 4) is 0 Å². The summed E-state index contributed by atoms with van der Waals surface area (Å²) in [5.74, 6) is 0.673. The highest BCUT2D eigenvalue weighted by atomic mass is 32.2. The second-order valence-corrected chi connectivity index (χ2v) is 8.12. The predicted octanol–water partition coefficient (Wildman–Crippen LogP) is 0.216. The number of fused-ring (bicyclic) bond motifs is 1. The lowest BCUT2D eigenvalue weighted by molar-refractivity contribution is 0.0449. The van der Waals surface area contributed by atoms with Crippen molar-refractivity contribution in [2.24, 2.45) is 5.92 Å². The van der Waals surface area contributed by atoms with Gasteiger partial charge in [-0.25, -0.2) is 13.1 Å². The van der Waals surface area contributed by atoms with Crippen LogP contribution in [0.2, 0.25) is 0 Å². The average Bonchev–Trinajstić information content (AvgIpc) is 2.93. The Morgan fingerprint density at radius 3 is 2.91 bits per heavy atom. The quantitative estimate of drug-likeness (QED) is 0.836. The number of aromatic nitrogens is 2. The van der Waals surface area contributed by atoms with Crippen LogP contribution in [0.3, 0.4) is 0 Å². The normalized spacial score (nSPS) is 24.3. The van der Waals surface area contributed by atoms with Crippen LogP contribution < -0.4 is 4.72 Å². The van der Waals surface area contributed by atoms with E-state index in [0.29, 0.717) is 12.5 Å². The van der Waals surface area contributed by atoms with Gasteiger partial charge >= 0.3 is 0 Å². The SMILES string of the molecule is CS(=O)(=O)NCC1CN(CC2CCOCC2)Cc2ccnn21. The number of nitrogens with zero attached hydrogens (tertiary/aromatic N) is 3. The first-order valence-corrected chi connectivity index (χ1v) is 9.67. The summed E-state index contributed by atoms with van der Waals surface area (Å²) in [4.78, 5) is 2.42. The van der Waals surface area contributed by atoms with Crippen molar-refractivity contribution in [2.45, 2.75) is 25.4 Å². The molecule has 0 saturated carbocycles. The Bertz CT molecular complexity index is 595. The molecule has 8 heteroatoms. The molecule has 3 rings (SSSR count). The molecule has 0 radical (unpaired) electrons. The zero-order valence-electron chi connectivity index (χ0n) is 12.9. The molecule has 1 unspecified atom stereocenters. The van der Waals surface area contributed by atoms with E-state index in [2.05, 4.69) is 14.7 Å². The van der Waals surface area contributed by atoms with Gasteiger partial charge in [0, 0.05) is 45.6 Å². The first-order chi connectivity index (χ1) is 10.5. The van der Waals surface area contributed by atoms with E-state index in [1.807, 2.05) is 10.7 Å². The summed E-state index contributed by atoms with van der Waals surface area (Å²) in [7, 11) is -3.18. The molecule has 124 valence electrons. The third-order valence-corrected chi connectivity index (χ3v) is 5.08. The minimum Gasteiger partial charge on any atom is -0.381 e. The molecule has 0 aliphatic carbocycles. The van der Waals surface area contributed by atoms with E-state index < -0.39 is 10.0 Å². The fraction of sp³-hybridized carbons (Fsp3) is 0.786. The predicted molar refractivity (Wildman–Crippen MR) is 82.9 cm³/mol. The van der Waals surface area contributed by atoms with Gasteiger partial charge in [-0.05, 0) is 24.8 Å². The molecule has 1 N–H and O–H groups in total. The van der Waals surface area contributed by atoms with Gasteiger partial charge in [0.25, 0.3) is 0 Å². The maximum Gasteiger partial charge on any atom is 0.208 e. The second-order valence-electron chi connectivity index (χ2n) is 6.29. The Morgan fingerprint density at radius 1 is 1.41 bits per heavy atom. The van der Waals surface area contributed by atoms with Crippen molar-refractivity contribution in [1.82, 2.24) is 19.4 Å².